The Morgan fingerprint density at radius 1 is 1.22 bits per heavy atom. The van der Waals surface area contributed by atoms with E-state index in [-0.39, 0.29) is 30.2 Å². The number of rotatable bonds is 3. The van der Waals surface area contributed by atoms with Crippen molar-refractivity contribution in [2.24, 2.45) is 11.8 Å². The molecule has 5 nitrogen and oxygen atoms in total. The molecule has 1 fully saturated rings. The van der Waals surface area contributed by atoms with Gasteiger partial charge in [0.2, 0.25) is 17.7 Å². The fraction of sp³-hybridized carbons (Fsp3) is 0.353. The van der Waals surface area contributed by atoms with Gasteiger partial charge in [0.1, 0.15) is 6.54 Å². The monoisotopic (exact) mass is 332 g/mol. The van der Waals surface area contributed by atoms with Crippen molar-refractivity contribution in [1.29, 1.82) is 0 Å². The Morgan fingerprint density at radius 2 is 1.83 bits per heavy atom. The van der Waals surface area contributed by atoms with Gasteiger partial charge >= 0.3 is 0 Å². The summed E-state index contributed by atoms with van der Waals surface area (Å²) in [5.74, 6) is -1.57. The molecule has 1 heterocycles. The highest BCUT2D eigenvalue weighted by Crippen LogP contribution is 2.35. The summed E-state index contributed by atoms with van der Waals surface area (Å²) in [6.45, 7) is 1.63. The molecular formula is C17H17ClN2O3. The lowest BCUT2D eigenvalue weighted by atomic mass is 9.85. The maximum absolute atomic E-state index is 12.3. The number of halogens is 1. The van der Waals surface area contributed by atoms with Crippen molar-refractivity contribution >= 4 is 35.0 Å². The molecule has 2 aliphatic rings. The Morgan fingerprint density at radius 3 is 2.39 bits per heavy atom. The minimum atomic E-state index is -0.427. The lowest BCUT2D eigenvalue weighted by molar-refractivity contribution is -0.142. The predicted molar refractivity (Wildman–Crippen MR) is 86.9 cm³/mol. The van der Waals surface area contributed by atoms with E-state index >= 15 is 0 Å². The van der Waals surface area contributed by atoms with E-state index in [1.807, 2.05) is 25.1 Å². The van der Waals surface area contributed by atoms with E-state index in [0.29, 0.717) is 23.6 Å². The van der Waals surface area contributed by atoms with Crippen LogP contribution >= 0.6 is 11.6 Å². The fourth-order valence-electron chi connectivity index (χ4n) is 3.08. The fourth-order valence-corrected chi connectivity index (χ4v) is 3.36. The number of nitrogens with one attached hydrogen (secondary N) is 1. The average Bonchev–Trinajstić information content (AvgIpc) is 2.76. The van der Waals surface area contributed by atoms with Gasteiger partial charge in [0.15, 0.2) is 0 Å². The van der Waals surface area contributed by atoms with Gasteiger partial charge in [-0.2, -0.15) is 0 Å². The Hall–Kier alpha value is -2.14. The van der Waals surface area contributed by atoms with Crippen LogP contribution in [0.2, 0.25) is 5.02 Å². The number of hydrogen-bond donors (Lipinski definition) is 1. The standard InChI is InChI=1S/C17H17ClN2O3/c1-10-6-7-14(13(18)8-10)19-15(21)9-20-16(22)11-4-2-3-5-12(11)17(20)23/h2-3,6-8,11-12H,4-5,9H2,1H3,(H,19,21)/t11-,12-/m0/s1. The van der Waals surface area contributed by atoms with Crippen LogP contribution in [0.5, 0.6) is 0 Å². The SMILES string of the molecule is Cc1ccc(NC(=O)CN2C(=O)[C@H]3CC=CC[C@@H]3C2=O)c(Cl)c1. The second kappa shape index (κ2) is 6.16. The van der Waals surface area contributed by atoms with Crippen molar-refractivity contribution in [3.63, 3.8) is 0 Å². The highest BCUT2D eigenvalue weighted by Gasteiger charge is 2.47. The van der Waals surface area contributed by atoms with Crippen molar-refractivity contribution in [2.45, 2.75) is 19.8 Å². The van der Waals surface area contributed by atoms with Crippen molar-refractivity contribution in [1.82, 2.24) is 4.90 Å². The zero-order valence-corrected chi connectivity index (χ0v) is 13.5. The molecule has 0 radical (unpaired) electrons. The second-order valence-electron chi connectivity index (χ2n) is 5.95. The largest absolute Gasteiger partial charge is 0.323 e. The number of fused-ring (bicyclic) bond motifs is 1. The number of imide groups is 1. The Bertz CT molecular complexity index is 688. The third kappa shape index (κ3) is 3.01. The topological polar surface area (TPSA) is 66.5 Å². The summed E-state index contributed by atoms with van der Waals surface area (Å²) >= 11 is 6.08. The molecule has 1 aromatic rings. The minimum absolute atomic E-state index is 0.255. The zero-order chi connectivity index (χ0) is 16.6. The van der Waals surface area contributed by atoms with Gasteiger partial charge in [-0.05, 0) is 37.5 Å². The van der Waals surface area contributed by atoms with Crippen molar-refractivity contribution in [2.75, 3.05) is 11.9 Å². The van der Waals surface area contributed by atoms with Crippen molar-refractivity contribution in [3.05, 3.63) is 40.9 Å². The van der Waals surface area contributed by atoms with E-state index < -0.39 is 5.91 Å². The van der Waals surface area contributed by atoms with E-state index in [1.165, 1.54) is 0 Å². The third-order valence-electron chi connectivity index (χ3n) is 4.30. The predicted octanol–water partition coefficient (Wildman–Crippen LogP) is 2.54. The zero-order valence-electron chi connectivity index (χ0n) is 12.7. The first-order valence-electron chi connectivity index (χ1n) is 7.53. The summed E-state index contributed by atoms with van der Waals surface area (Å²) in [6.07, 6.45) is 4.97. The molecule has 1 N–H and O–H groups in total. The molecule has 1 saturated heterocycles. The molecule has 1 aliphatic heterocycles. The normalized spacial score (nSPS) is 23.1. The third-order valence-corrected chi connectivity index (χ3v) is 4.61. The van der Waals surface area contributed by atoms with E-state index in [0.717, 1.165) is 10.5 Å². The first-order valence-corrected chi connectivity index (χ1v) is 7.91. The lowest BCUT2D eigenvalue weighted by Gasteiger charge is -2.15. The van der Waals surface area contributed by atoms with Crippen molar-refractivity contribution < 1.29 is 14.4 Å². The summed E-state index contributed by atoms with van der Waals surface area (Å²) in [7, 11) is 0. The maximum Gasteiger partial charge on any atom is 0.244 e. The summed E-state index contributed by atoms with van der Waals surface area (Å²) in [6, 6.07) is 5.27. The van der Waals surface area contributed by atoms with Gasteiger partial charge in [-0.25, -0.2) is 0 Å². The van der Waals surface area contributed by atoms with Crippen LogP contribution in [-0.4, -0.2) is 29.2 Å². The number of amides is 3. The lowest BCUT2D eigenvalue weighted by Crippen LogP contribution is -2.38. The van der Waals surface area contributed by atoms with Gasteiger partial charge < -0.3 is 5.32 Å². The Kier molecular flexibility index (Phi) is 4.22. The molecule has 1 aromatic carbocycles. The van der Waals surface area contributed by atoms with Gasteiger partial charge in [-0.3, -0.25) is 19.3 Å². The molecule has 0 spiro atoms. The smallest absolute Gasteiger partial charge is 0.244 e. The highest BCUT2D eigenvalue weighted by atomic mass is 35.5. The Balaban J connectivity index is 1.68. The quantitative estimate of drug-likeness (QED) is 0.683. The van der Waals surface area contributed by atoms with Crippen LogP contribution in [0.15, 0.2) is 30.4 Å². The van der Waals surface area contributed by atoms with E-state index in [2.05, 4.69) is 5.32 Å². The van der Waals surface area contributed by atoms with Gasteiger partial charge in [-0.15, -0.1) is 0 Å². The number of benzene rings is 1. The van der Waals surface area contributed by atoms with Crippen LogP contribution in [0.4, 0.5) is 5.69 Å². The molecular weight excluding hydrogens is 316 g/mol. The molecule has 0 unspecified atom stereocenters. The number of carbonyl (C=O) groups is 3. The number of likely N-dealkylation sites (tertiary alicyclic amines) is 1. The molecule has 2 atom stereocenters. The first kappa shape index (κ1) is 15.7. The van der Waals surface area contributed by atoms with Gasteiger partial charge in [0.25, 0.3) is 0 Å². The summed E-state index contributed by atoms with van der Waals surface area (Å²) in [5.41, 5.74) is 1.45. The summed E-state index contributed by atoms with van der Waals surface area (Å²) in [4.78, 5) is 37.9. The molecule has 120 valence electrons. The van der Waals surface area contributed by atoms with Crippen molar-refractivity contribution in [3.8, 4) is 0 Å². The van der Waals surface area contributed by atoms with Crippen LogP contribution in [0, 0.1) is 18.8 Å². The second-order valence-corrected chi connectivity index (χ2v) is 6.36. The van der Waals surface area contributed by atoms with Crippen LogP contribution in [0.25, 0.3) is 0 Å². The molecule has 6 heteroatoms. The number of nitrogens with zero attached hydrogens (tertiary/aromatic N) is 1. The molecule has 23 heavy (non-hydrogen) atoms. The highest BCUT2D eigenvalue weighted by molar-refractivity contribution is 6.33. The number of anilines is 1. The molecule has 3 amide bonds. The molecule has 0 saturated carbocycles. The number of carbonyl (C=O) groups excluding carboxylic acids is 3. The van der Waals surface area contributed by atoms with Crippen LogP contribution in [-0.2, 0) is 14.4 Å². The summed E-state index contributed by atoms with van der Waals surface area (Å²) < 4.78 is 0. The van der Waals surface area contributed by atoms with E-state index in [1.54, 1.807) is 12.1 Å². The van der Waals surface area contributed by atoms with Gasteiger partial charge in [-0.1, -0.05) is 29.8 Å². The molecule has 1 aliphatic carbocycles. The van der Waals surface area contributed by atoms with Gasteiger partial charge in [0.05, 0.1) is 22.5 Å². The average molecular weight is 333 g/mol. The van der Waals surface area contributed by atoms with Crippen LogP contribution in [0.3, 0.4) is 0 Å². The molecule has 3 rings (SSSR count). The molecule has 0 bridgehead atoms. The van der Waals surface area contributed by atoms with E-state index in [4.69, 9.17) is 11.6 Å². The number of allylic oxidation sites excluding steroid dienone is 2. The number of aryl methyl sites for hydroxylation is 1. The first-order chi connectivity index (χ1) is 11.0. The maximum atomic E-state index is 12.3. The molecule has 0 aromatic heterocycles. The number of hydrogen-bond acceptors (Lipinski definition) is 3. The van der Waals surface area contributed by atoms with Crippen LogP contribution in [0.1, 0.15) is 18.4 Å². The van der Waals surface area contributed by atoms with Crippen LogP contribution < -0.4 is 5.32 Å². The minimum Gasteiger partial charge on any atom is -0.323 e. The van der Waals surface area contributed by atoms with Gasteiger partial charge in [0, 0.05) is 0 Å². The Labute approximate surface area is 139 Å². The van der Waals surface area contributed by atoms with E-state index in [9.17, 15) is 14.4 Å². The summed E-state index contributed by atoms with van der Waals surface area (Å²) in [5, 5.41) is 3.08.